The van der Waals surface area contributed by atoms with Gasteiger partial charge in [-0.05, 0) is 23.2 Å². The summed E-state index contributed by atoms with van der Waals surface area (Å²) >= 11 is 6.35. The van der Waals surface area contributed by atoms with E-state index in [1.165, 1.54) is 0 Å². The number of aromatic nitrogens is 2. The Kier molecular flexibility index (Phi) is 3.92. The molecule has 0 saturated carbocycles. The van der Waals surface area contributed by atoms with Crippen LogP contribution < -0.4 is 5.32 Å². The third-order valence-electron chi connectivity index (χ3n) is 2.95. The monoisotopic (exact) mass is 343 g/mol. The molecular formula is C14H9ClF3N3S. The average molecular weight is 344 g/mol. The van der Waals surface area contributed by atoms with Crippen LogP contribution in [0.4, 0.5) is 19.0 Å². The highest BCUT2D eigenvalue weighted by Crippen LogP contribution is 2.39. The number of fused-ring (bicyclic) bond motifs is 1. The van der Waals surface area contributed by atoms with Gasteiger partial charge in [-0.1, -0.05) is 30.3 Å². The molecule has 0 aliphatic rings. The normalized spacial score (nSPS) is 11.8. The van der Waals surface area contributed by atoms with Crippen molar-refractivity contribution in [1.82, 2.24) is 9.97 Å². The number of hydrogen-bond acceptors (Lipinski definition) is 4. The van der Waals surface area contributed by atoms with Gasteiger partial charge < -0.3 is 5.32 Å². The number of alkyl halides is 3. The zero-order chi connectivity index (χ0) is 15.7. The van der Waals surface area contributed by atoms with E-state index in [-0.39, 0.29) is 10.1 Å². The van der Waals surface area contributed by atoms with Crippen LogP contribution in [0.1, 0.15) is 10.4 Å². The summed E-state index contributed by atoms with van der Waals surface area (Å²) in [5.41, 5.74) is 0.983. The molecule has 114 valence electrons. The quantitative estimate of drug-likeness (QED) is 0.682. The van der Waals surface area contributed by atoms with Gasteiger partial charge >= 0.3 is 6.18 Å². The van der Waals surface area contributed by atoms with E-state index in [1.807, 2.05) is 30.3 Å². The first-order valence-corrected chi connectivity index (χ1v) is 7.45. The predicted molar refractivity (Wildman–Crippen MR) is 81.2 cm³/mol. The number of nitrogens with zero attached hydrogens (tertiary/aromatic N) is 2. The van der Waals surface area contributed by atoms with E-state index in [0.717, 1.165) is 11.6 Å². The van der Waals surface area contributed by atoms with E-state index in [9.17, 15) is 13.2 Å². The third-order valence-corrected chi connectivity index (χ3v) is 4.19. The number of nitrogens with one attached hydrogen (secondary N) is 1. The summed E-state index contributed by atoms with van der Waals surface area (Å²) in [6.07, 6.45) is -4.41. The summed E-state index contributed by atoms with van der Waals surface area (Å²) < 4.78 is 38.5. The molecule has 22 heavy (non-hydrogen) atoms. The van der Waals surface area contributed by atoms with Crippen molar-refractivity contribution in [2.75, 3.05) is 5.32 Å². The van der Waals surface area contributed by atoms with Gasteiger partial charge in [0.2, 0.25) is 5.28 Å². The highest BCUT2D eigenvalue weighted by molar-refractivity contribution is 7.18. The van der Waals surface area contributed by atoms with Crippen molar-refractivity contribution >= 4 is 39.0 Å². The molecule has 1 N–H and O–H groups in total. The van der Waals surface area contributed by atoms with E-state index in [0.29, 0.717) is 29.1 Å². The Balaban J connectivity index is 1.96. The maximum Gasteiger partial charge on any atom is 0.425 e. The smallest absolute Gasteiger partial charge is 0.365 e. The Labute approximate surface area is 132 Å². The average Bonchev–Trinajstić information content (AvgIpc) is 2.90. The number of rotatable bonds is 3. The highest BCUT2D eigenvalue weighted by Gasteiger charge is 2.33. The van der Waals surface area contributed by atoms with Crippen LogP contribution >= 0.6 is 22.9 Å². The second kappa shape index (κ2) is 5.73. The lowest BCUT2D eigenvalue weighted by Crippen LogP contribution is -2.02. The van der Waals surface area contributed by atoms with Crippen molar-refractivity contribution in [1.29, 1.82) is 0 Å². The second-order valence-corrected chi connectivity index (χ2v) is 5.88. The van der Waals surface area contributed by atoms with Gasteiger partial charge in [0.25, 0.3) is 0 Å². The predicted octanol–water partition coefficient (Wildman–Crippen LogP) is 4.98. The minimum atomic E-state index is -4.41. The van der Waals surface area contributed by atoms with E-state index in [2.05, 4.69) is 15.3 Å². The van der Waals surface area contributed by atoms with Gasteiger partial charge in [-0.15, -0.1) is 11.3 Å². The fourth-order valence-electron chi connectivity index (χ4n) is 1.95. The number of halogens is 4. The van der Waals surface area contributed by atoms with Crippen molar-refractivity contribution in [3.63, 3.8) is 0 Å². The molecule has 0 spiro atoms. The molecule has 2 heterocycles. The Hall–Kier alpha value is -1.86. The fourth-order valence-corrected chi connectivity index (χ4v) is 3.07. The molecule has 3 nitrogen and oxygen atoms in total. The van der Waals surface area contributed by atoms with Crippen molar-refractivity contribution in [3.05, 3.63) is 52.1 Å². The SMILES string of the molecule is FC(F)(F)c1cc2c(NCc3ccccc3)nc(Cl)nc2s1. The zero-order valence-electron chi connectivity index (χ0n) is 11.0. The number of hydrogen-bond donors (Lipinski definition) is 1. The van der Waals surface area contributed by atoms with Crippen molar-refractivity contribution < 1.29 is 13.2 Å². The lowest BCUT2D eigenvalue weighted by molar-refractivity contribution is -0.134. The summed E-state index contributed by atoms with van der Waals surface area (Å²) in [7, 11) is 0. The summed E-state index contributed by atoms with van der Waals surface area (Å²) in [6, 6.07) is 10.5. The van der Waals surface area contributed by atoms with E-state index in [1.54, 1.807) is 0 Å². The van der Waals surface area contributed by atoms with E-state index < -0.39 is 11.1 Å². The molecule has 0 saturated heterocycles. The van der Waals surface area contributed by atoms with Crippen LogP contribution in [-0.4, -0.2) is 9.97 Å². The first-order valence-electron chi connectivity index (χ1n) is 6.25. The summed E-state index contributed by atoms with van der Waals surface area (Å²) in [4.78, 5) is 7.34. The maximum atomic E-state index is 12.8. The molecule has 0 radical (unpaired) electrons. The fraction of sp³-hybridized carbons (Fsp3) is 0.143. The minimum absolute atomic E-state index is 0.0846. The molecule has 3 rings (SSSR count). The Morgan fingerprint density at radius 2 is 1.86 bits per heavy atom. The van der Waals surface area contributed by atoms with Crippen molar-refractivity contribution in [2.24, 2.45) is 0 Å². The molecule has 0 fully saturated rings. The van der Waals surface area contributed by atoms with Crippen LogP contribution in [-0.2, 0) is 12.7 Å². The molecular weight excluding hydrogens is 335 g/mol. The number of anilines is 1. The van der Waals surface area contributed by atoms with Gasteiger partial charge in [0.15, 0.2) is 0 Å². The van der Waals surface area contributed by atoms with Crippen LogP contribution in [0.5, 0.6) is 0 Å². The van der Waals surface area contributed by atoms with E-state index >= 15 is 0 Å². The van der Waals surface area contributed by atoms with Gasteiger partial charge in [-0.3, -0.25) is 0 Å². The molecule has 3 aromatic rings. The lowest BCUT2D eigenvalue weighted by Gasteiger charge is -2.07. The highest BCUT2D eigenvalue weighted by atomic mass is 35.5. The third kappa shape index (κ3) is 3.15. The topological polar surface area (TPSA) is 37.8 Å². The largest absolute Gasteiger partial charge is 0.425 e. The first-order chi connectivity index (χ1) is 10.4. The number of benzene rings is 1. The minimum Gasteiger partial charge on any atom is -0.365 e. The van der Waals surface area contributed by atoms with Crippen molar-refractivity contribution in [2.45, 2.75) is 12.7 Å². The van der Waals surface area contributed by atoms with Gasteiger partial charge in [0, 0.05) is 6.54 Å². The first kappa shape index (κ1) is 15.1. The Morgan fingerprint density at radius 3 is 2.55 bits per heavy atom. The second-order valence-electron chi connectivity index (χ2n) is 4.51. The van der Waals surface area contributed by atoms with Gasteiger partial charge in [-0.2, -0.15) is 13.2 Å². The van der Waals surface area contributed by atoms with Gasteiger partial charge in [-0.25, -0.2) is 9.97 Å². The van der Waals surface area contributed by atoms with Crippen LogP contribution in [0.2, 0.25) is 5.28 Å². The summed E-state index contributed by atoms with van der Waals surface area (Å²) in [5.74, 6) is 0.297. The molecule has 0 aliphatic heterocycles. The Morgan fingerprint density at radius 1 is 1.14 bits per heavy atom. The van der Waals surface area contributed by atoms with Crippen LogP contribution in [0.15, 0.2) is 36.4 Å². The molecule has 0 amide bonds. The van der Waals surface area contributed by atoms with E-state index in [4.69, 9.17) is 11.6 Å². The van der Waals surface area contributed by atoms with Crippen molar-refractivity contribution in [3.8, 4) is 0 Å². The number of thiophene rings is 1. The molecule has 8 heteroatoms. The lowest BCUT2D eigenvalue weighted by atomic mass is 10.2. The van der Waals surface area contributed by atoms with Crippen LogP contribution in [0.3, 0.4) is 0 Å². The van der Waals surface area contributed by atoms with Crippen LogP contribution in [0, 0.1) is 0 Å². The standard InChI is InChI=1S/C14H9ClF3N3S/c15-13-20-11(19-7-8-4-2-1-3-5-8)9-6-10(14(16,17)18)22-12(9)21-13/h1-6H,7H2,(H,19,20,21). The molecule has 0 unspecified atom stereocenters. The summed E-state index contributed by atoms with van der Waals surface area (Å²) in [6.45, 7) is 0.431. The van der Waals surface area contributed by atoms with Gasteiger partial charge in [0.05, 0.1) is 5.39 Å². The molecule has 0 bridgehead atoms. The molecule has 2 aromatic heterocycles. The molecule has 0 aliphatic carbocycles. The molecule has 0 atom stereocenters. The Bertz CT molecular complexity index is 802. The summed E-state index contributed by atoms with van der Waals surface area (Å²) in [5, 5.41) is 3.25. The van der Waals surface area contributed by atoms with Gasteiger partial charge in [0.1, 0.15) is 15.5 Å². The maximum absolute atomic E-state index is 12.8. The van der Waals surface area contributed by atoms with Crippen LogP contribution in [0.25, 0.3) is 10.2 Å². The zero-order valence-corrected chi connectivity index (χ0v) is 12.6. The molecule has 1 aromatic carbocycles.